The minimum absolute atomic E-state index is 0.0372. The maximum absolute atomic E-state index is 12.5. The Morgan fingerprint density at radius 2 is 2.24 bits per heavy atom. The molecule has 3 saturated heterocycles. The van der Waals surface area contributed by atoms with Gasteiger partial charge in [-0.3, -0.25) is 14.6 Å². The molecule has 4 heterocycles. The Bertz CT molecular complexity index is 674. The normalized spacial score (nSPS) is 25.3. The molecular formula is C19H25N3O3. The van der Waals surface area contributed by atoms with Crippen molar-refractivity contribution in [1.29, 1.82) is 0 Å². The molecule has 134 valence electrons. The molecule has 1 aromatic rings. The van der Waals surface area contributed by atoms with Crippen LogP contribution in [0.3, 0.4) is 0 Å². The largest absolute Gasteiger partial charge is 0.371 e. The van der Waals surface area contributed by atoms with Gasteiger partial charge in [0.25, 0.3) is 5.91 Å². The van der Waals surface area contributed by atoms with Gasteiger partial charge in [-0.2, -0.15) is 0 Å². The molecule has 0 saturated carbocycles. The standard InChI is InChI=1S/C19H25N3O3/c1-14-7-16(9-20-8-14)18(24)22-12-19(13-22)5-4-15(11-25-19)10-21-6-2-3-17(21)23/h7-9,15H,2-6,10-13H2,1H3. The first-order valence-electron chi connectivity index (χ1n) is 9.17. The van der Waals surface area contributed by atoms with Crippen LogP contribution in [-0.2, 0) is 9.53 Å². The number of amides is 2. The number of hydrogen-bond donors (Lipinski definition) is 0. The summed E-state index contributed by atoms with van der Waals surface area (Å²) < 4.78 is 6.15. The van der Waals surface area contributed by atoms with E-state index in [-0.39, 0.29) is 17.4 Å². The van der Waals surface area contributed by atoms with Crippen LogP contribution in [0.15, 0.2) is 18.5 Å². The lowest BCUT2D eigenvalue weighted by Gasteiger charge is -2.53. The summed E-state index contributed by atoms with van der Waals surface area (Å²) in [5, 5.41) is 0. The number of aryl methyl sites for hydroxylation is 1. The topological polar surface area (TPSA) is 62.7 Å². The second kappa shape index (κ2) is 6.41. The Morgan fingerprint density at radius 1 is 1.40 bits per heavy atom. The first-order valence-corrected chi connectivity index (χ1v) is 9.17. The van der Waals surface area contributed by atoms with Gasteiger partial charge in [-0.25, -0.2) is 0 Å². The van der Waals surface area contributed by atoms with Gasteiger partial charge in [0.1, 0.15) is 5.60 Å². The van der Waals surface area contributed by atoms with E-state index in [1.54, 1.807) is 12.4 Å². The highest BCUT2D eigenvalue weighted by Gasteiger charge is 2.48. The van der Waals surface area contributed by atoms with E-state index in [9.17, 15) is 9.59 Å². The molecular weight excluding hydrogens is 318 g/mol. The molecule has 0 bridgehead atoms. The Morgan fingerprint density at radius 3 is 2.88 bits per heavy atom. The number of pyridine rings is 1. The molecule has 2 amide bonds. The Kier molecular flexibility index (Phi) is 4.23. The fraction of sp³-hybridized carbons (Fsp3) is 0.632. The van der Waals surface area contributed by atoms with E-state index in [4.69, 9.17) is 4.74 Å². The van der Waals surface area contributed by atoms with Gasteiger partial charge in [0.15, 0.2) is 0 Å². The Hall–Kier alpha value is -1.95. The summed E-state index contributed by atoms with van der Waals surface area (Å²) in [5.74, 6) is 0.751. The van der Waals surface area contributed by atoms with E-state index in [1.807, 2.05) is 22.8 Å². The zero-order valence-corrected chi connectivity index (χ0v) is 14.7. The second-order valence-electron chi connectivity index (χ2n) is 7.75. The third-order valence-corrected chi connectivity index (χ3v) is 5.65. The maximum atomic E-state index is 12.5. The third-order valence-electron chi connectivity index (χ3n) is 5.65. The molecule has 0 aromatic carbocycles. The summed E-state index contributed by atoms with van der Waals surface area (Å²) >= 11 is 0. The predicted molar refractivity (Wildman–Crippen MR) is 92.1 cm³/mol. The van der Waals surface area contributed by atoms with Crippen molar-refractivity contribution in [2.75, 3.05) is 32.8 Å². The number of hydrogen-bond acceptors (Lipinski definition) is 4. The monoisotopic (exact) mass is 343 g/mol. The van der Waals surface area contributed by atoms with Crippen LogP contribution in [0.5, 0.6) is 0 Å². The number of carbonyl (C=O) groups excluding carboxylic acids is 2. The van der Waals surface area contributed by atoms with Crippen molar-refractivity contribution in [2.45, 2.75) is 38.2 Å². The average Bonchev–Trinajstić information content (AvgIpc) is 2.98. The van der Waals surface area contributed by atoms with Crippen molar-refractivity contribution in [3.05, 3.63) is 29.6 Å². The molecule has 1 spiro atoms. The van der Waals surface area contributed by atoms with Crippen LogP contribution < -0.4 is 0 Å². The van der Waals surface area contributed by atoms with Crippen LogP contribution in [0, 0.1) is 12.8 Å². The SMILES string of the molecule is Cc1cncc(C(=O)N2CC3(CCC(CN4CCCC4=O)CO3)C2)c1. The molecule has 0 radical (unpaired) electrons. The molecule has 3 fully saturated rings. The number of aromatic nitrogens is 1. The lowest BCUT2D eigenvalue weighted by atomic mass is 9.82. The molecule has 1 atom stereocenters. The summed E-state index contributed by atoms with van der Waals surface area (Å²) in [6.45, 7) is 5.68. The molecule has 3 aliphatic heterocycles. The average molecular weight is 343 g/mol. The van der Waals surface area contributed by atoms with E-state index < -0.39 is 0 Å². The van der Waals surface area contributed by atoms with Gasteiger partial charge in [-0.1, -0.05) is 0 Å². The predicted octanol–water partition coefficient (Wildman–Crippen LogP) is 1.63. The van der Waals surface area contributed by atoms with E-state index in [2.05, 4.69) is 4.98 Å². The van der Waals surface area contributed by atoms with Gasteiger partial charge in [-0.05, 0) is 37.8 Å². The van der Waals surface area contributed by atoms with Crippen LogP contribution in [0.1, 0.15) is 41.6 Å². The third kappa shape index (κ3) is 3.27. The highest BCUT2D eigenvalue weighted by Crippen LogP contribution is 2.37. The smallest absolute Gasteiger partial charge is 0.255 e. The molecule has 25 heavy (non-hydrogen) atoms. The molecule has 3 aliphatic rings. The van der Waals surface area contributed by atoms with E-state index >= 15 is 0 Å². The number of nitrogens with zero attached hydrogens (tertiary/aromatic N) is 3. The molecule has 1 unspecified atom stereocenters. The van der Waals surface area contributed by atoms with Crippen molar-refractivity contribution in [3.63, 3.8) is 0 Å². The van der Waals surface area contributed by atoms with Crippen LogP contribution in [-0.4, -0.2) is 65.0 Å². The van der Waals surface area contributed by atoms with Crippen LogP contribution >= 0.6 is 0 Å². The highest BCUT2D eigenvalue weighted by atomic mass is 16.5. The first kappa shape index (κ1) is 16.5. The molecule has 4 rings (SSSR count). The second-order valence-corrected chi connectivity index (χ2v) is 7.75. The minimum atomic E-state index is -0.168. The minimum Gasteiger partial charge on any atom is -0.371 e. The number of likely N-dealkylation sites (tertiary alicyclic amines) is 2. The summed E-state index contributed by atoms with van der Waals surface area (Å²) in [5.41, 5.74) is 1.48. The molecule has 6 nitrogen and oxygen atoms in total. The van der Waals surface area contributed by atoms with Crippen molar-refractivity contribution >= 4 is 11.8 Å². The van der Waals surface area contributed by atoms with Gasteiger partial charge in [-0.15, -0.1) is 0 Å². The molecule has 0 N–H and O–H groups in total. The van der Waals surface area contributed by atoms with E-state index in [0.717, 1.165) is 37.9 Å². The lowest BCUT2D eigenvalue weighted by Crippen LogP contribution is -2.66. The van der Waals surface area contributed by atoms with Gasteiger partial charge >= 0.3 is 0 Å². The van der Waals surface area contributed by atoms with Gasteiger partial charge in [0.05, 0.1) is 25.3 Å². The number of ether oxygens (including phenoxy) is 1. The lowest BCUT2D eigenvalue weighted by molar-refractivity contribution is -0.169. The summed E-state index contributed by atoms with van der Waals surface area (Å²) in [6.07, 6.45) is 7.10. The van der Waals surface area contributed by atoms with E-state index in [0.29, 0.717) is 37.6 Å². The summed E-state index contributed by atoms with van der Waals surface area (Å²) in [4.78, 5) is 32.2. The van der Waals surface area contributed by atoms with Crippen molar-refractivity contribution < 1.29 is 14.3 Å². The fourth-order valence-electron chi connectivity index (χ4n) is 4.17. The summed E-state index contributed by atoms with van der Waals surface area (Å²) in [7, 11) is 0. The highest BCUT2D eigenvalue weighted by molar-refractivity contribution is 5.94. The molecule has 6 heteroatoms. The van der Waals surface area contributed by atoms with Crippen LogP contribution in [0.4, 0.5) is 0 Å². The molecule has 0 aliphatic carbocycles. The number of carbonyl (C=O) groups is 2. The van der Waals surface area contributed by atoms with E-state index in [1.165, 1.54) is 0 Å². The number of rotatable bonds is 3. The van der Waals surface area contributed by atoms with Crippen molar-refractivity contribution in [3.8, 4) is 0 Å². The van der Waals surface area contributed by atoms with Crippen molar-refractivity contribution in [2.24, 2.45) is 5.92 Å². The Balaban J connectivity index is 1.28. The van der Waals surface area contributed by atoms with Crippen molar-refractivity contribution in [1.82, 2.24) is 14.8 Å². The quantitative estimate of drug-likeness (QED) is 0.837. The zero-order chi connectivity index (χ0) is 17.4. The van der Waals surface area contributed by atoms with Gasteiger partial charge in [0, 0.05) is 37.8 Å². The van der Waals surface area contributed by atoms with Crippen LogP contribution in [0.25, 0.3) is 0 Å². The Labute approximate surface area is 148 Å². The van der Waals surface area contributed by atoms with Gasteiger partial charge < -0.3 is 14.5 Å². The summed E-state index contributed by atoms with van der Waals surface area (Å²) in [6, 6.07) is 1.88. The first-order chi connectivity index (χ1) is 12.0. The zero-order valence-electron chi connectivity index (χ0n) is 14.7. The molecule has 1 aromatic heterocycles. The van der Waals surface area contributed by atoms with Crippen LogP contribution in [0.2, 0.25) is 0 Å². The fourth-order valence-corrected chi connectivity index (χ4v) is 4.17. The maximum Gasteiger partial charge on any atom is 0.255 e. The van der Waals surface area contributed by atoms with Gasteiger partial charge in [0.2, 0.25) is 5.91 Å².